The van der Waals surface area contributed by atoms with Crippen molar-refractivity contribution in [3.05, 3.63) is 56.4 Å². The van der Waals surface area contributed by atoms with Gasteiger partial charge in [0.05, 0.1) is 11.4 Å². The van der Waals surface area contributed by atoms with E-state index in [1.54, 1.807) is 24.3 Å². The molecule has 130 valence electrons. The van der Waals surface area contributed by atoms with Gasteiger partial charge in [0.2, 0.25) is 10.9 Å². The van der Waals surface area contributed by atoms with Gasteiger partial charge in [-0.15, -0.1) is 11.8 Å². The molecule has 1 aromatic carbocycles. The van der Waals surface area contributed by atoms with E-state index in [0.717, 1.165) is 11.4 Å². The normalized spacial score (nSPS) is 11.0. The zero-order valence-electron chi connectivity index (χ0n) is 13.4. The van der Waals surface area contributed by atoms with E-state index >= 15 is 0 Å². The lowest BCUT2D eigenvalue weighted by molar-refractivity contribution is -0.113. The molecule has 2 aromatic heterocycles. The number of benzene rings is 1. The van der Waals surface area contributed by atoms with Gasteiger partial charge in [0.25, 0.3) is 5.56 Å². The van der Waals surface area contributed by atoms with Crippen molar-refractivity contribution in [3.8, 4) is 0 Å². The maximum atomic E-state index is 12.1. The van der Waals surface area contributed by atoms with Gasteiger partial charge in [0.1, 0.15) is 5.01 Å². The van der Waals surface area contributed by atoms with E-state index in [4.69, 9.17) is 11.6 Å². The standard InChI is InChI=1S/C16H15ClN4O2S2/c1-2-14-20-21-15(23)7-12(19-16(21)25-14)8-24-9-13(22)18-11-5-3-10(17)4-6-11/h3-7H,2,8-9H2,1H3,(H,18,22). The molecule has 0 aliphatic carbocycles. The Morgan fingerprint density at radius 1 is 1.36 bits per heavy atom. The third-order valence-corrected chi connectivity index (χ3v) is 5.52. The fraction of sp³-hybridized carbons (Fsp3) is 0.250. The molecule has 3 aromatic rings. The molecule has 0 atom stereocenters. The van der Waals surface area contributed by atoms with Crippen LogP contribution in [0, 0.1) is 0 Å². The molecule has 0 unspecified atom stereocenters. The lowest BCUT2D eigenvalue weighted by Crippen LogP contribution is -2.16. The SMILES string of the molecule is CCc1nn2c(=O)cc(CSCC(=O)Nc3ccc(Cl)cc3)nc2s1. The number of thioether (sulfide) groups is 1. The first-order chi connectivity index (χ1) is 12.0. The van der Waals surface area contributed by atoms with Crippen LogP contribution < -0.4 is 10.9 Å². The monoisotopic (exact) mass is 394 g/mol. The number of halogens is 1. The largest absolute Gasteiger partial charge is 0.325 e. The molecule has 0 saturated heterocycles. The third kappa shape index (κ3) is 4.59. The topological polar surface area (TPSA) is 76.4 Å². The number of amides is 1. The number of carbonyl (C=O) groups is 1. The molecule has 0 saturated carbocycles. The number of rotatable bonds is 6. The van der Waals surface area contributed by atoms with Crippen LogP contribution in [0.3, 0.4) is 0 Å². The van der Waals surface area contributed by atoms with E-state index in [0.29, 0.717) is 27.1 Å². The molecule has 0 fully saturated rings. The Labute approximate surface area is 157 Å². The van der Waals surface area contributed by atoms with E-state index in [2.05, 4.69) is 15.4 Å². The van der Waals surface area contributed by atoms with Gasteiger partial charge in [-0.1, -0.05) is 29.9 Å². The summed E-state index contributed by atoms with van der Waals surface area (Å²) in [7, 11) is 0. The van der Waals surface area contributed by atoms with Crippen molar-refractivity contribution in [1.82, 2.24) is 14.6 Å². The molecule has 0 radical (unpaired) electrons. The first-order valence-corrected chi connectivity index (χ1v) is 9.92. The average molecular weight is 395 g/mol. The van der Waals surface area contributed by atoms with Gasteiger partial charge in [-0.2, -0.15) is 9.61 Å². The van der Waals surface area contributed by atoms with Gasteiger partial charge in [0, 0.05) is 22.5 Å². The zero-order chi connectivity index (χ0) is 17.8. The average Bonchev–Trinajstić information content (AvgIpc) is 3.01. The highest BCUT2D eigenvalue weighted by Crippen LogP contribution is 2.16. The van der Waals surface area contributed by atoms with Crippen molar-refractivity contribution < 1.29 is 4.79 Å². The summed E-state index contributed by atoms with van der Waals surface area (Å²) in [5, 5.41) is 8.50. The minimum absolute atomic E-state index is 0.115. The summed E-state index contributed by atoms with van der Waals surface area (Å²) in [6.07, 6.45) is 0.766. The molecule has 6 nitrogen and oxygen atoms in total. The molecule has 1 amide bonds. The number of nitrogens with one attached hydrogen (secondary N) is 1. The fourth-order valence-corrected chi connectivity index (χ4v) is 3.79. The molecule has 9 heteroatoms. The summed E-state index contributed by atoms with van der Waals surface area (Å²) < 4.78 is 1.32. The summed E-state index contributed by atoms with van der Waals surface area (Å²) >= 11 is 8.62. The van der Waals surface area contributed by atoms with Crippen LogP contribution in [-0.2, 0) is 17.0 Å². The van der Waals surface area contributed by atoms with Crippen LogP contribution in [0.1, 0.15) is 17.6 Å². The summed E-state index contributed by atoms with van der Waals surface area (Å²) in [4.78, 5) is 29.0. The minimum Gasteiger partial charge on any atom is -0.325 e. The number of nitrogens with zero attached hydrogens (tertiary/aromatic N) is 3. The number of carbonyl (C=O) groups excluding carboxylic acids is 1. The molecule has 3 rings (SSSR count). The van der Waals surface area contributed by atoms with Crippen molar-refractivity contribution in [2.45, 2.75) is 19.1 Å². The molecule has 1 N–H and O–H groups in total. The second kappa shape index (κ2) is 7.99. The molecule has 25 heavy (non-hydrogen) atoms. The molecular weight excluding hydrogens is 380 g/mol. The Balaban J connectivity index is 1.58. The second-order valence-corrected chi connectivity index (χ2v) is 7.64. The fourth-order valence-electron chi connectivity index (χ4n) is 2.09. The molecule has 0 bridgehead atoms. The summed E-state index contributed by atoms with van der Waals surface area (Å²) in [6.45, 7) is 1.98. The van der Waals surface area contributed by atoms with Gasteiger partial charge in [-0.05, 0) is 30.7 Å². The molecular formula is C16H15ClN4O2S2. The van der Waals surface area contributed by atoms with Crippen LogP contribution in [0.15, 0.2) is 35.1 Å². The number of aryl methyl sites for hydroxylation is 1. The Kier molecular flexibility index (Phi) is 5.72. The van der Waals surface area contributed by atoms with Gasteiger partial charge in [-0.25, -0.2) is 4.98 Å². The van der Waals surface area contributed by atoms with Crippen molar-refractivity contribution in [2.75, 3.05) is 11.1 Å². The number of anilines is 1. The van der Waals surface area contributed by atoms with E-state index in [1.165, 1.54) is 33.7 Å². The Morgan fingerprint density at radius 3 is 2.84 bits per heavy atom. The van der Waals surface area contributed by atoms with Crippen LogP contribution in [-0.4, -0.2) is 26.3 Å². The molecule has 0 aliphatic heterocycles. The van der Waals surface area contributed by atoms with Crippen molar-refractivity contribution in [3.63, 3.8) is 0 Å². The van der Waals surface area contributed by atoms with Crippen molar-refractivity contribution in [2.24, 2.45) is 0 Å². The van der Waals surface area contributed by atoms with Crippen molar-refractivity contribution in [1.29, 1.82) is 0 Å². The molecule has 0 spiro atoms. The van der Waals surface area contributed by atoms with Crippen molar-refractivity contribution >= 4 is 51.3 Å². The van der Waals surface area contributed by atoms with Crippen LogP contribution in [0.5, 0.6) is 0 Å². The quantitative estimate of drug-likeness (QED) is 0.694. The Hall–Kier alpha value is -1.90. The van der Waals surface area contributed by atoms with Gasteiger partial charge < -0.3 is 5.32 Å². The van der Waals surface area contributed by atoms with Gasteiger partial charge >= 0.3 is 0 Å². The lowest BCUT2D eigenvalue weighted by atomic mass is 10.3. The number of hydrogen-bond donors (Lipinski definition) is 1. The molecule has 0 aliphatic rings. The maximum absolute atomic E-state index is 12.1. The van der Waals surface area contributed by atoms with Gasteiger partial charge in [0.15, 0.2) is 0 Å². The maximum Gasteiger partial charge on any atom is 0.275 e. The summed E-state index contributed by atoms with van der Waals surface area (Å²) in [6, 6.07) is 8.40. The van der Waals surface area contributed by atoms with E-state index in [-0.39, 0.29) is 17.2 Å². The van der Waals surface area contributed by atoms with E-state index in [9.17, 15) is 9.59 Å². The number of aromatic nitrogens is 3. The third-order valence-electron chi connectivity index (χ3n) is 3.25. The minimum atomic E-state index is -0.192. The van der Waals surface area contributed by atoms with Crippen LogP contribution in [0.4, 0.5) is 5.69 Å². The smallest absolute Gasteiger partial charge is 0.275 e. The summed E-state index contributed by atoms with van der Waals surface area (Å²) in [5.74, 6) is 0.641. The second-order valence-electron chi connectivity index (χ2n) is 5.18. The predicted molar refractivity (Wildman–Crippen MR) is 103 cm³/mol. The molecule has 2 heterocycles. The number of hydrogen-bond acceptors (Lipinski definition) is 6. The highest BCUT2D eigenvalue weighted by molar-refractivity contribution is 7.99. The van der Waals surface area contributed by atoms with Crippen LogP contribution >= 0.6 is 34.7 Å². The van der Waals surface area contributed by atoms with E-state index < -0.39 is 0 Å². The highest BCUT2D eigenvalue weighted by atomic mass is 35.5. The lowest BCUT2D eigenvalue weighted by Gasteiger charge is -2.05. The van der Waals surface area contributed by atoms with Crippen LogP contribution in [0.25, 0.3) is 4.96 Å². The Bertz CT molecular complexity index is 953. The summed E-state index contributed by atoms with van der Waals surface area (Å²) in [5.41, 5.74) is 1.16. The predicted octanol–water partition coefficient (Wildman–Crippen LogP) is 3.24. The number of fused-ring (bicyclic) bond motifs is 1. The first-order valence-electron chi connectivity index (χ1n) is 7.57. The Morgan fingerprint density at radius 2 is 2.12 bits per heavy atom. The zero-order valence-corrected chi connectivity index (χ0v) is 15.7. The highest BCUT2D eigenvalue weighted by Gasteiger charge is 2.09. The van der Waals surface area contributed by atoms with E-state index in [1.807, 2.05) is 6.92 Å². The van der Waals surface area contributed by atoms with Gasteiger partial charge in [-0.3, -0.25) is 9.59 Å². The first kappa shape index (κ1) is 17.9. The van der Waals surface area contributed by atoms with Crippen LogP contribution in [0.2, 0.25) is 5.02 Å².